The van der Waals surface area contributed by atoms with Crippen molar-refractivity contribution in [2.24, 2.45) is 0 Å². The highest BCUT2D eigenvalue weighted by atomic mass is 16.5. The lowest BCUT2D eigenvalue weighted by molar-refractivity contribution is -0.132. The molecule has 146 valence electrons. The Morgan fingerprint density at radius 2 is 1.59 bits per heavy atom. The van der Waals surface area contributed by atoms with Crippen LogP contribution in [0.2, 0.25) is 0 Å². The molecule has 0 atom stereocenters. The van der Waals surface area contributed by atoms with E-state index in [0.29, 0.717) is 23.5 Å². The third-order valence-corrected chi connectivity index (χ3v) is 4.23. The van der Waals surface area contributed by atoms with E-state index in [1.807, 2.05) is 31.2 Å². The molecule has 0 radical (unpaired) electrons. The first-order valence-electron chi connectivity index (χ1n) is 9.11. The molecule has 0 fully saturated rings. The molecule has 0 spiro atoms. The summed E-state index contributed by atoms with van der Waals surface area (Å²) >= 11 is 0. The predicted octanol–water partition coefficient (Wildman–Crippen LogP) is 4.43. The third kappa shape index (κ3) is 5.81. The molecule has 2 N–H and O–H groups in total. The fourth-order valence-corrected chi connectivity index (χ4v) is 2.61. The number of hydrogen-bond donors (Lipinski definition) is 2. The lowest BCUT2D eigenvalue weighted by Gasteiger charge is -2.08. The highest BCUT2D eigenvalue weighted by molar-refractivity contribution is 6.02. The SMILES string of the molecule is Cc1ccc(COc2ccc(/C=C(/NC(=O)c3ccccc3)C(=O)O)cc2)cc1. The summed E-state index contributed by atoms with van der Waals surface area (Å²) in [6.07, 6.45) is 1.41. The van der Waals surface area contributed by atoms with Gasteiger partial charge in [-0.05, 0) is 48.4 Å². The molecule has 3 aromatic rings. The number of hydrogen-bond acceptors (Lipinski definition) is 3. The Hall–Kier alpha value is -3.86. The Labute approximate surface area is 169 Å². The Balaban J connectivity index is 1.66. The topological polar surface area (TPSA) is 75.6 Å². The van der Waals surface area contributed by atoms with Gasteiger partial charge in [0.25, 0.3) is 5.91 Å². The number of amides is 1. The number of carbonyl (C=O) groups excluding carboxylic acids is 1. The van der Waals surface area contributed by atoms with Crippen molar-refractivity contribution < 1.29 is 19.4 Å². The maximum absolute atomic E-state index is 12.2. The standard InChI is InChI=1S/C24H21NO4/c1-17-7-9-19(10-8-17)16-29-21-13-11-18(12-14-21)15-22(24(27)28)25-23(26)20-5-3-2-4-6-20/h2-15H,16H2,1H3,(H,25,26)(H,27,28)/b22-15+. The first-order chi connectivity index (χ1) is 14.0. The molecule has 5 heteroatoms. The number of benzene rings is 3. The van der Waals surface area contributed by atoms with Gasteiger partial charge in [-0.3, -0.25) is 4.79 Å². The molecule has 1 amide bonds. The summed E-state index contributed by atoms with van der Waals surface area (Å²) in [6.45, 7) is 2.48. The lowest BCUT2D eigenvalue weighted by Crippen LogP contribution is -2.27. The Morgan fingerprint density at radius 1 is 0.931 bits per heavy atom. The van der Waals surface area contributed by atoms with E-state index in [4.69, 9.17) is 4.74 Å². The summed E-state index contributed by atoms with van der Waals surface area (Å²) in [5.74, 6) is -1.01. The van der Waals surface area contributed by atoms with E-state index >= 15 is 0 Å². The van der Waals surface area contributed by atoms with Gasteiger partial charge in [0.1, 0.15) is 18.1 Å². The van der Waals surface area contributed by atoms with E-state index in [-0.39, 0.29) is 5.70 Å². The van der Waals surface area contributed by atoms with Gasteiger partial charge >= 0.3 is 5.97 Å². The molecule has 3 rings (SSSR count). The first-order valence-corrected chi connectivity index (χ1v) is 9.11. The zero-order valence-electron chi connectivity index (χ0n) is 16.0. The van der Waals surface area contributed by atoms with Crippen LogP contribution in [0.15, 0.2) is 84.6 Å². The molecule has 0 unspecified atom stereocenters. The van der Waals surface area contributed by atoms with Gasteiger partial charge in [0.2, 0.25) is 0 Å². The Kier molecular flexibility index (Phi) is 6.43. The number of nitrogens with one attached hydrogen (secondary N) is 1. The third-order valence-electron chi connectivity index (χ3n) is 4.23. The average molecular weight is 387 g/mol. The highest BCUT2D eigenvalue weighted by Gasteiger charge is 2.13. The molecule has 0 aliphatic rings. The van der Waals surface area contributed by atoms with Crippen molar-refractivity contribution in [3.05, 3.63) is 107 Å². The molecule has 0 aromatic heterocycles. The monoisotopic (exact) mass is 387 g/mol. The normalized spacial score (nSPS) is 11.0. The van der Waals surface area contributed by atoms with Crippen LogP contribution in [0.5, 0.6) is 5.75 Å². The van der Waals surface area contributed by atoms with Crippen molar-refractivity contribution in [3.63, 3.8) is 0 Å². The first kappa shape index (κ1) is 19.9. The van der Waals surface area contributed by atoms with E-state index in [9.17, 15) is 14.7 Å². The van der Waals surface area contributed by atoms with Crippen LogP contribution in [0, 0.1) is 6.92 Å². The summed E-state index contributed by atoms with van der Waals surface area (Å²) in [4.78, 5) is 23.7. The fraction of sp³-hybridized carbons (Fsp3) is 0.0833. The van der Waals surface area contributed by atoms with Crippen molar-refractivity contribution in [2.45, 2.75) is 13.5 Å². The summed E-state index contributed by atoms with van der Waals surface area (Å²) in [6, 6.07) is 23.6. The van der Waals surface area contributed by atoms with Crippen LogP contribution in [0.25, 0.3) is 6.08 Å². The van der Waals surface area contributed by atoms with Gasteiger partial charge < -0.3 is 15.2 Å². The molecule has 5 nitrogen and oxygen atoms in total. The molecule has 0 heterocycles. The van der Waals surface area contributed by atoms with Crippen LogP contribution in [-0.4, -0.2) is 17.0 Å². The molecule has 0 aliphatic heterocycles. The molecule has 0 saturated heterocycles. The Morgan fingerprint density at radius 3 is 2.21 bits per heavy atom. The second-order valence-electron chi connectivity index (χ2n) is 6.53. The molecule has 0 saturated carbocycles. The number of ether oxygens (including phenoxy) is 1. The van der Waals surface area contributed by atoms with Crippen molar-refractivity contribution in [1.82, 2.24) is 5.32 Å². The number of aliphatic carboxylic acids is 1. The maximum Gasteiger partial charge on any atom is 0.352 e. The minimum absolute atomic E-state index is 0.202. The molecule has 3 aromatic carbocycles. The van der Waals surface area contributed by atoms with Gasteiger partial charge in [-0.25, -0.2) is 4.79 Å². The molecule has 29 heavy (non-hydrogen) atoms. The molecule has 0 aliphatic carbocycles. The highest BCUT2D eigenvalue weighted by Crippen LogP contribution is 2.16. The van der Waals surface area contributed by atoms with Gasteiger partial charge in [0.15, 0.2) is 0 Å². The molecular weight excluding hydrogens is 366 g/mol. The van der Waals surface area contributed by atoms with Crippen LogP contribution in [0.4, 0.5) is 0 Å². The van der Waals surface area contributed by atoms with E-state index in [1.54, 1.807) is 54.6 Å². The van der Waals surface area contributed by atoms with Gasteiger partial charge in [-0.1, -0.05) is 60.2 Å². The summed E-state index contributed by atoms with van der Waals surface area (Å²) in [7, 11) is 0. The number of aryl methyl sites for hydroxylation is 1. The van der Waals surface area contributed by atoms with E-state index in [0.717, 1.165) is 5.56 Å². The smallest absolute Gasteiger partial charge is 0.352 e. The Bertz CT molecular complexity index is 1010. The lowest BCUT2D eigenvalue weighted by atomic mass is 10.1. The van der Waals surface area contributed by atoms with Crippen LogP contribution >= 0.6 is 0 Å². The van der Waals surface area contributed by atoms with E-state index in [2.05, 4.69) is 5.32 Å². The second-order valence-corrected chi connectivity index (χ2v) is 6.53. The molecule has 0 bridgehead atoms. The van der Waals surface area contributed by atoms with Gasteiger partial charge in [0.05, 0.1) is 0 Å². The number of carbonyl (C=O) groups is 2. The predicted molar refractivity (Wildman–Crippen MR) is 111 cm³/mol. The van der Waals surface area contributed by atoms with Crippen molar-refractivity contribution >= 4 is 18.0 Å². The summed E-state index contributed by atoms with van der Waals surface area (Å²) in [5.41, 5.74) is 3.08. The van der Waals surface area contributed by atoms with Crippen molar-refractivity contribution in [2.75, 3.05) is 0 Å². The zero-order valence-corrected chi connectivity index (χ0v) is 16.0. The summed E-state index contributed by atoms with van der Waals surface area (Å²) in [5, 5.41) is 11.8. The van der Waals surface area contributed by atoms with E-state index in [1.165, 1.54) is 11.6 Å². The minimum atomic E-state index is -1.21. The second kappa shape index (κ2) is 9.37. The summed E-state index contributed by atoms with van der Waals surface area (Å²) < 4.78 is 5.75. The largest absolute Gasteiger partial charge is 0.489 e. The maximum atomic E-state index is 12.2. The van der Waals surface area contributed by atoms with Crippen molar-refractivity contribution in [3.8, 4) is 5.75 Å². The van der Waals surface area contributed by atoms with Gasteiger partial charge in [-0.15, -0.1) is 0 Å². The van der Waals surface area contributed by atoms with E-state index < -0.39 is 11.9 Å². The molecular formula is C24H21NO4. The zero-order chi connectivity index (χ0) is 20.6. The van der Waals surface area contributed by atoms with Crippen LogP contribution in [-0.2, 0) is 11.4 Å². The number of carboxylic acids is 1. The van der Waals surface area contributed by atoms with Gasteiger partial charge in [-0.2, -0.15) is 0 Å². The average Bonchev–Trinajstić information content (AvgIpc) is 2.74. The van der Waals surface area contributed by atoms with Crippen LogP contribution in [0.3, 0.4) is 0 Å². The van der Waals surface area contributed by atoms with Gasteiger partial charge in [0, 0.05) is 5.56 Å². The van der Waals surface area contributed by atoms with Crippen LogP contribution < -0.4 is 10.1 Å². The number of rotatable bonds is 7. The van der Waals surface area contributed by atoms with Crippen LogP contribution in [0.1, 0.15) is 27.0 Å². The minimum Gasteiger partial charge on any atom is -0.489 e. The quantitative estimate of drug-likeness (QED) is 0.588. The fourth-order valence-electron chi connectivity index (χ4n) is 2.61. The number of carboxylic acid groups (broad SMARTS) is 1. The van der Waals surface area contributed by atoms with Crippen molar-refractivity contribution in [1.29, 1.82) is 0 Å².